The monoisotopic (exact) mass is 493 g/mol. The molecule has 4 rings (SSSR count). The van der Waals surface area contributed by atoms with Gasteiger partial charge in [-0.15, -0.1) is 0 Å². The molecule has 0 radical (unpaired) electrons. The Labute approximate surface area is 209 Å². The van der Waals surface area contributed by atoms with Gasteiger partial charge in [0.05, 0.1) is 0 Å². The lowest BCUT2D eigenvalue weighted by Crippen LogP contribution is -2.30. The lowest BCUT2D eigenvalue weighted by molar-refractivity contribution is -0.0503. The van der Waals surface area contributed by atoms with Crippen molar-refractivity contribution in [1.29, 1.82) is 0 Å². The van der Waals surface area contributed by atoms with Gasteiger partial charge < -0.3 is 20.1 Å². The number of halogens is 2. The number of amides is 1. The summed E-state index contributed by atoms with van der Waals surface area (Å²) in [6, 6.07) is 20.3. The molecule has 8 heteroatoms. The number of nitrogens with zero attached hydrogens (tertiary/aromatic N) is 2. The van der Waals surface area contributed by atoms with Crippen molar-refractivity contribution in [2.24, 2.45) is 10.7 Å². The number of hydrogen-bond acceptors (Lipinski definition) is 5. The van der Waals surface area contributed by atoms with Crippen LogP contribution in [0.3, 0.4) is 0 Å². The topological polar surface area (TPSA) is 77.2 Å². The average molecular weight is 494 g/mol. The molecule has 1 amide bonds. The van der Waals surface area contributed by atoms with E-state index in [9.17, 15) is 13.6 Å². The van der Waals surface area contributed by atoms with Crippen LogP contribution >= 0.6 is 0 Å². The van der Waals surface area contributed by atoms with E-state index in [-0.39, 0.29) is 24.3 Å². The number of amidine groups is 1. The molecule has 0 fully saturated rings. The summed E-state index contributed by atoms with van der Waals surface area (Å²) < 4.78 is 35.7. The number of aryl methyl sites for hydroxylation is 1. The van der Waals surface area contributed by atoms with E-state index in [1.54, 1.807) is 24.0 Å². The molecule has 2 N–H and O–H groups in total. The molecule has 0 spiro atoms. The van der Waals surface area contributed by atoms with E-state index in [2.05, 4.69) is 9.73 Å². The molecule has 0 saturated heterocycles. The minimum absolute atomic E-state index is 0.0161. The highest BCUT2D eigenvalue weighted by atomic mass is 19.3. The normalized spacial score (nSPS) is 17.0. The summed E-state index contributed by atoms with van der Waals surface area (Å²) in [5.74, 6) is 0.0841. The molecule has 1 heterocycles. The summed E-state index contributed by atoms with van der Waals surface area (Å²) in [6.07, 6.45) is 0. The molecule has 1 aliphatic heterocycles. The Morgan fingerprint density at radius 1 is 1.06 bits per heavy atom. The molecule has 0 aliphatic carbocycles. The third-order valence-corrected chi connectivity index (χ3v) is 6.43. The van der Waals surface area contributed by atoms with Crippen molar-refractivity contribution < 1.29 is 23.0 Å². The predicted molar refractivity (Wildman–Crippen MR) is 135 cm³/mol. The molecule has 1 unspecified atom stereocenters. The number of nitrogens with two attached hydrogens (primary N) is 1. The van der Waals surface area contributed by atoms with Crippen molar-refractivity contribution in [2.75, 3.05) is 19.7 Å². The number of ether oxygens (including phenoxy) is 2. The van der Waals surface area contributed by atoms with Crippen LogP contribution in [0.25, 0.3) is 11.1 Å². The van der Waals surface area contributed by atoms with E-state index in [1.165, 1.54) is 6.07 Å². The van der Waals surface area contributed by atoms with Gasteiger partial charge in [0.15, 0.2) is 5.54 Å². The Morgan fingerprint density at radius 3 is 2.33 bits per heavy atom. The molecule has 3 aromatic rings. The Hall–Kier alpha value is -3.94. The second kappa shape index (κ2) is 10.4. The third kappa shape index (κ3) is 4.89. The summed E-state index contributed by atoms with van der Waals surface area (Å²) >= 11 is 0. The van der Waals surface area contributed by atoms with Crippen molar-refractivity contribution in [3.05, 3.63) is 89.0 Å². The molecule has 36 heavy (non-hydrogen) atoms. The van der Waals surface area contributed by atoms with Gasteiger partial charge in [-0.3, -0.25) is 4.79 Å². The lowest BCUT2D eigenvalue weighted by Gasteiger charge is -2.26. The van der Waals surface area contributed by atoms with Crippen LogP contribution in [0, 0.1) is 6.92 Å². The van der Waals surface area contributed by atoms with Gasteiger partial charge in [-0.25, -0.2) is 4.99 Å². The Kier molecular flexibility index (Phi) is 7.24. The Balaban J connectivity index is 1.75. The van der Waals surface area contributed by atoms with Crippen molar-refractivity contribution in [1.82, 2.24) is 4.90 Å². The molecular weight excluding hydrogens is 464 g/mol. The second-order valence-corrected chi connectivity index (χ2v) is 8.60. The summed E-state index contributed by atoms with van der Waals surface area (Å²) in [4.78, 5) is 19.3. The van der Waals surface area contributed by atoms with E-state index in [1.807, 2.05) is 62.4 Å². The number of rotatable bonds is 8. The van der Waals surface area contributed by atoms with Crippen LogP contribution < -0.4 is 10.5 Å². The van der Waals surface area contributed by atoms with Gasteiger partial charge in [0, 0.05) is 18.7 Å². The van der Waals surface area contributed by atoms with Gasteiger partial charge in [0.25, 0.3) is 11.9 Å². The van der Waals surface area contributed by atoms with Crippen molar-refractivity contribution in [3.63, 3.8) is 0 Å². The molecule has 1 atom stereocenters. The van der Waals surface area contributed by atoms with Crippen molar-refractivity contribution in [2.45, 2.75) is 32.9 Å². The maximum atomic E-state index is 12.9. The highest BCUT2D eigenvalue weighted by molar-refractivity contribution is 5.95. The van der Waals surface area contributed by atoms with E-state index in [0.29, 0.717) is 24.2 Å². The number of carbonyl (C=O) groups excluding carboxylic acids is 1. The fourth-order valence-corrected chi connectivity index (χ4v) is 4.51. The molecule has 6 nitrogen and oxygen atoms in total. The summed E-state index contributed by atoms with van der Waals surface area (Å²) in [6.45, 7) is 4.14. The largest absolute Gasteiger partial charge is 0.462 e. The molecule has 0 bridgehead atoms. The highest BCUT2D eigenvalue weighted by Gasteiger charge is 2.40. The number of carbonyl (C=O) groups is 1. The van der Waals surface area contributed by atoms with Crippen LogP contribution in [0.15, 0.2) is 71.7 Å². The summed E-state index contributed by atoms with van der Waals surface area (Å²) in [7, 11) is 0. The van der Waals surface area contributed by atoms with E-state index >= 15 is 0 Å². The van der Waals surface area contributed by atoms with Crippen LogP contribution in [0.5, 0.6) is 5.75 Å². The third-order valence-electron chi connectivity index (χ3n) is 6.43. The van der Waals surface area contributed by atoms with Crippen LogP contribution in [-0.4, -0.2) is 43.1 Å². The minimum Gasteiger partial charge on any atom is -0.462 e. The minimum atomic E-state index is -2.91. The number of alkyl halides is 2. The second-order valence-electron chi connectivity index (χ2n) is 8.60. The molecule has 0 saturated carbocycles. The first-order valence-corrected chi connectivity index (χ1v) is 11.8. The number of hydrogen-bond donors (Lipinski definition) is 1. The van der Waals surface area contributed by atoms with E-state index in [4.69, 9.17) is 10.5 Å². The maximum Gasteiger partial charge on any atom is 0.387 e. The first kappa shape index (κ1) is 25.2. The fourth-order valence-electron chi connectivity index (χ4n) is 4.51. The lowest BCUT2D eigenvalue weighted by atomic mass is 9.82. The van der Waals surface area contributed by atoms with Crippen LogP contribution in [-0.2, 0) is 10.3 Å². The van der Waals surface area contributed by atoms with Gasteiger partial charge in [0.2, 0.25) is 0 Å². The quantitative estimate of drug-likeness (QED) is 0.460. The van der Waals surface area contributed by atoms with Crippen LogP contribution in [0.2, 0.25) is 0 Å². The van der Waals surface area contributed by atoms with Crippen molar-refractivity contribution >= 4 is 11.9 Å². The molecular formula is C28H29F2N3O3. The predicted octanol–water partition coefficient (Wildman–Crippen LogP) is 5.33. The fraction of sp³-hybridized carbons (Fsp3) is 0.286. The Morgan fingerprint density at radius 2 is 1.72 bits per heavy atom. The van der Waals surface area contributed by atoms with Gasteiger partial charge in [0.1, 0.15) is 12.4 Å². The highest BCUT2D eigenvalue weighted by Crippen LogP contribution is 2.40. The summed E-state index contributed by atoms with van der Waals surface area (Å²) in [5, 5.41) is 0. The van der Waals surface area contributed by atoms with Gasteiger partial charge >= 0.3 is 6.61 Å². The average Bonchev–Trinajstić information content (AvgIpc) is 3.28. The molecule has 188 valence electrons. The van der Waals surface area contributed by atoms with Gasteiger partial charge in [-0.2, -0.15) is 8.78 Å². The molecule has 3 aromatic carbocycles. The van der Waals surface area contributed by atoms with Crippen LogP contribution in [0.1, 0.15) is 40.9 Å². The SMILES string of the molecule is CCN(CC)C(=O)c1cccc(-c2cccc(C3(c4ccc(OC(F)F)c(C)c4)COC(N)=N3)c2)c1. The number of aliphatic imine (C=N–C) groups is 1. The zero-order valence-electron chi connectivity index (χ0n) is 20.5. The maximum absolute atomic E-state index is 12.9. The van der Waals surface area contributed by atoms with Gasteiger partial charge in [-0.05, 0) is 78.9 Å². The van der Waals surface area contributed by atoms with Gasteiger partial charge in [-0.1, -0.05) is 36.4 Å². The Bertz CT molecular complexity index is 1290. The smallest absolute Gasteiger partial charge is 0.387 e. The zero-order chi connectivity index (χ0) is 25.9. The van der Waals surface area contributed by atoms with Crippen molar-refractivity contribution in [3.8, 4) is 16.9 Å². The standard InChI is InChI=1S/C28H29F2N3O3/c1-4-33(5-2)25(34)21-10-6-8-19(15-21)20-9-7-11-22(16-20)28(17-35-27(31)32-28)23-12-13-24(18(3)14-23)36-26(29)30/h6-16,26H,4-5,17H2,1-3H3,(H2,31,32). The van der Waals surface area contributed by atoms with Crippen LogP contribution in [0.4, 0.5) is 8.78 Å². The first-order chi connectivity index (χ1) is 17.3. The van der Waals surface area contributed by atoms with E-state index in [0.717, 1.165) is 22.3 Å². The summed E-state index contributed by atoms with van der Waals surface area (Å²) in [5.41, 5.74) is 9.50. The first-order valence-electron chi connectivity index (χ1n) is 11.8. The molecule has 1 aliphatic rings. The van der Waals surface area contributed by atoms with E-state index < -0.39 is 12.2 Å². The number of benzene rings is 3. The molecule has 0 aromatic heterocycles. The zero-order valence-corrected chi connectivity index (χ0v) is 20.5.